The van der Waals surface area contributed by atoms with Crippen LogP contribution in [0.1, 0.15) is 19.5 Å². The van der Waals surface area contributed by atoms with Gasteiger partial charge in [-0.3, -0.25) is 4.79 Å². The quantitative estimate of drug-likeness (QED) is 0.838. The van der Waals surface area contributed by atoms with Crippen LogP contribution in [0.4, 0.5) is 11.4 Å². The lowest BCUT2D eigenvalue weighted by atomic mass is 10.2. The van der Waals surface area contributed by atoms with Crippen LogP contribution in [0.2, 0.25) is 0 Å². The summed E-state index contributed by atoms with van der Waals surface area (Å²) in [6.45, 7) is 7.60. The molecule has 0 bridgehead atoms. The normalized spacial score (nSPS) is 10.5. The Kier molecular flexibility index (Phi) is 4.05. The average Bonchev–Trinajstić information content (AvgIpc) is 2.40. The van der Waals surface area contributed by atoms with Crippen molar-refractivity contribution in [3.63, 3.8) is 0 Å². The molecular formula is C16H20N2O. The second-order valence-corrected chi connectivity index (χ2v) is 4.52. The van der Waals surface area contributed by atoms with E-state index in [-0.39, 0.29) is 5.56 Å². The van der Waals surface area contributed by atoms with Crippen LogP contribution >= 0.6 is 0 Å². The van der Waals surface area contributed by atoms with Crippen LogP contribution in [-0.4, -0.2) is 11.1 Å². The molecule has 0 fully saturated rings. The molecular weight excluding hydrogens is 236 g/mol. The van der Waals surface area contributed by atoms with Gasteiger partial charge in [-0.25, -0.2) is 0 Å². The highest BCUT2D eigenvalue weighted by molar-refractivity contribution is 5.62. The van der Waals surface area contributed by atoms with Crippen molar-refractivity contribution < 1.29 is 0 Å². The number of nitrogens with zero attached hydrogens (tertiary/aromatic N) is 2. The molecule has 1 aromatic carbocycles. The number of pyridine rings is 1. The summed E-state index contributed by atoms with van der Waals surface area (Å²) in [6, 6.07) is 13.9. The molecule has 0 amide bonds. The Bertz CT molecular complexity index is 602. The van der Waals surface area contributed by atoms with E-state index in [1.54, 1.807) is 10.6 Å². The van der Waals surface area contributed by atoms with E-state index >= 15 is 0 Å². The highest BCUT2D eigenvalue weighted by Gasteiger charge is 2.09. The van der Waals surface area contributed by atoms with Crippen LogP contribution < -0.4 is 10.5 Å². The minimum atomic E-state index is 0.0619. The van der Waals surface area contributed by atoms with Crippen molar-refractivity contribution in [3.8, 4) is 0 Å². The summed E-state index contributed by atoms with van der Waals surface area (Å²) in [4.78, 5) is 14.2. The molecule has 0 aliphatic rings. The number of aromatic nitrogens is 1. The third-order valence-electron chi connectivity index (χ3n) is 3.33. The number of rotatable bonds is 4. The number of para-hydroxylation sites is 1. The molecule has 19 heavy (non-hydrogen) atoms. The Balaban J connectivity index is 2.48. The van der Waals surface area contributed by atoms with Crippen molar-refractivity contribution in [2.24, 2.45) is 0 Å². The summed E-state index contributed by atoms with van der Waals surface area (Å²) >= 11 is 0. The molecule has 0 aliphatic heterocycles. The van der Waals surface area contributed by atoms with Crippen molar-refractivity contribution in [2.45, 2.75) is 27.3 Å². The average molecular weight is 256 g/mol. The highest BCUT2D eigenvalue weighted by atomic mass is 16.1. The van der Waals surface area contributed by atoms with Crippen molar-refractivity contribution in [2.75, 3.05) is 11.4 Å². The van der Waals surface area contributed by atoms with Gasteiger partial charge in [-0.1, -0.05) is 18.2 Å². The molecule has 100 valence electrons. The second-order valence-electron chi connectivity index (χ2n) is 4.52. The van der Waals surface area contributed by atoms with E-state index in [2.05, 4.69) is 30.0 Å². The standard InChI is InChI=1S/C16H20N2O/c1-4-17-13(3)11-15(12-16(17)19)18(5-2)14-9-7-6-8-10-14/h6-12H,4-5H2,1-3H3. The Morgan fingerprint density at radius 1 is 1.05 bits per heavy atom. The fraction of sp³-hybridized carbons (Fsp3) is 0.312. The van der Waals surface area contributed by atoms with Gasteiger partial charge < -0.3 is 9.47 Å². The molecule has 3 nitrogen and oxygen atoms in total. The molecule has 3 heteroatoms. The van der Waals surface area contributed by atoms with Crippen LogP contribution in [-0.2, 0) is 6.54 Å². The molecule has 0 atom stereocenters. The third kappa shape index (κ3) is 2.70. The largest absolute Gasteiger partial charge is 0.342 e. The van der Waals surface area contributed by atoms with Crippen LogP contribution in [0.5, 0.6) is 0 Å². The molecule has 1 heterocycles. The third-order valence-corrected chi connectivity index (χ3v) is 3.33. The number of anilines is 2. The number of hydrogen-bond acceptors (Lipinski definition) is 2. The summed E-state index contributed by atoms with van der Waals surface area (Å²) in [7, 11) is 0. The number of hydrogen-bond donors (Lipinski definition) is 0. The van der Waals surface area contributed by atoms with Crippen molar-refractivity contribution in [3.05, 3.63) is 58.5 Å². The SMILES string of the molecule is CCN(c1ccccc1)c1cc(C)n(CC)c(=O)c1. The Morgan fingerprint density at radius 3 is 2.26 bits per heavy atom. The van der Waals surface area contributed by atoms with Crippen molar-refractivity contribution in [1.82, 2.24) is 4.57 Å². The Hall–Kier alpha value is -2.03. The summed E-state index contributed by atoms with van der Waals surface area (Å²) < 4.78 is 1.78. The molecule has 1 aromatic heterocycles. The van der Waals surface area contributed by atoms with E-state index in [1.165, 1.54) is 0 Å². The van der Waals surface area contributed by atoms with Gasteiger partial charge in [-0.05, 0) is 39.0 Å². The van der Waals surface area contributed by atoms with Crippen LogP contribution in [0.25, 0.3) is 0 Å². The van der Waals surface area contributed by atoms with Crippen molar-refractivity contribution >= 4 is 11.4 Å². The fourth-order valence-corrected chi connectivity index (χ4v) is 2.40. The van der Waals surface area contributed by atoms with E-state index in [0.29, 0.717) is 6.54 Å². The summed E-state index contributed by atoms with van der Waals surface area (Å²) in [6.07, 6.45) is 0. The smallest absolute Gasteiger partial charge is 0.252 e. The number of benzene rings is 1. The predicted molar refractivity (Wildman–Crippen MR) is 80.2 cm³/mol. The molecule has 0 saturated carbocycles. The van der Waals surface area contributed by atoms with Crippen LogP contribution in [0.15, 0.2) is 47.3 Å². The van der Waals surface area contributed by atoms with Gasteiger partial charge in [0.05, 0.1) is 0 Å². The van der Waals surface area contributed by atoms with Crippen LogP contribution in [0, 0.1) is 6.92 Å². The van der Waals surface area contributed by atoms with Gasteiger partial charge in [-0.2, -0.15) is 0 Å². The summed E-state index contributed by atoms with van der Waals surface area (Å²) in [5.74, 6) is 0. The topological polar surface area (TPSA) is 25.2 Å². The van der Waals surface area contributed by atoms with E-state index in [1.807, 2.05) is 32.0 Å². The molecule has 0 aliphatic carbocycles. The highest BCUT2D eigenvalue weighted by Crippen LogP contribution is 2.24. The van der Waals surface area contributed by atoms with Gasteiger partial charge in [-0.15, -0.1) is 0 Å². The molecule has 0 N–H and O–H groups in total. The monoisotopic (exact) mass is 256 g/mol. The first-order valence-corrected chi connectivity index (χ1v) is 6.71. The molecule has 0 radical (unpaired) electrons. The molecule has 0 unspecified atom stereocenters. The molecule has 0 spiro atoms. The van der Waals surface area contributed by atoms with Gasteiger partial charge in [0.15, 0.2) is 0 Å². The van der Waals surface area contributed by atoms with E-state index in [4.69, 9.17) is 0 Å². The maximum Gasteiger partial charge on any atom is 0.252 e. The maximum atomic E-state index is 12.1. The first kappa shape index (κ1) is 13.4. The zero-order valence-corrected chi connectivity index (χ0v) is 11.8. The summed E-state index contributed by atoms with van der Waals surface area (Å²) in [5.41, 5.74) is 3.13. The number of aryl methyl sites for hydroxylation is 1. The molecule has 0 saturated heterocycles. The first-order valence-electron chi connectivity index (χ1n) is 6.71. The van der Waals surface area contributed by atoms with Gasteiger partial charge in [0, 0.05) is 36.2 Å². The molecule has 2 rings (SSSR count). The van der Waals surface area contributed by atoms with Gasteiger partial charge in [0.1, 0.15) is 0 Å². The van der Waals surface area contributed by atoms with E-state index in [0.717, 1.165) is 23.6 Å². The Morgan fingerprint density at radius 2 is 1.74 bits per heavy atom. The maximum absolute atomic E-state index is 12.1. The lowest BCUT2D eigenvalue weighted by molar-refractivity contribution is 0.700. The van der Waals surface area contributed by atoms with E-state index < -0.39 is 0 Å². The minimum absolute atomic E-state index is 0.0619. The zero-order chi connectivity index (χ0) is 13.8. The fourth-order valence-electron chi connectivity index (χ4n) is 2.40. The second kappa shape index (κ2) is 5.74. The van der Waals surface area contributed by atoms with Gasteiger partial charge in [0.2, 0.25) is 0 Å². The zero-order valence-electron chi connectivity index (χ0n) is 11.8. The summed E-state index contributed by atoms with van der Waals surface area (Å²) in [5, 5.41) is 0. The van der Waals surface area contributed by atoms with Gasteiger partial charge >= 0.3 is 0 Å². The van der Waals surface area contributed by atoms with E-state index in [9.17, 15) is 4.79 Å². The van der Waals surface area contributed by atoms with Crippen LogP contribution in [0.3, 0.4) is 0 Å². The lowest BCUT2D eigenvalue weighted by Crippen LogP contribution is -2.24. The predicted octanol–water partition coefficient (Wildman–Crippen LogP) is 3.33. The Labute approximate surface area is 114 Å². The first-order chi connectivity index (χ1) is 9.17. The van der Waals surface area contributed by atoms with Crippen molar-refractivity contribution in [1.29, 1.82) is 0 Å². The molecule has 2 aromatic rings. The van der Waals surface area contributed by atoms with Gasteiger partial charge in [0.25, 0.3) is 5.56 Å². The minimum Gasteiger partial charge on any atom is -0.342 e. The lowest BCUT2D eigenvalue weighted by Gasteiger charge is -2.24.